The smallest absolute Gasteiger partial charge is 0.251 e. The first-order chi connectivity index (χ1) is 13.6. The van der Waals surface area contributed by atoms with E-state index in [9.17, 15) is 9.59 Å². The number of aromatic amines is 1. The summed E-state index contributed by atoms with van der Waals surface area (Å²) in [6.45, 7) is 1.52. The highest BCUT2D eigenvalue weighted by Crippen LogP contribution is 2.29. The first kappa shape index (κ1) is 18.7. The van der Waals surface area contributed by atoms with Crippen molar-refractivity contribution in [2.24, 2.45) is 0 Å². The third-order valence-corrected chi connectivity index (χ3v) is 6.32. The molecule has 1 aliphatic rings. The normalized spacial score (nSPS) is 15.1. The zero-order valence-electron chi connectivity index (χ0n) is 15.8. The molecule has 1 N–H and O–H groups in total. The molecule has 0 spiro atoms. The van der Waals surface area contributed by atoms with Gasteiger partial charge in [0.15, 0.2) is 0 Å². The maximum atomic E-state index is 12.6. The van der Waals surface area contributed by atoms with Crippen molar-refractivity contribution in [3.8, 4) is 5.75 Å². The van der Waals surface area contributed by atoms with Crippen LogP contribution in [0, 0.1) is 0 Å². The number of fused-ring (bicyclic) bond motifs is 1. The van der Waals surface area contributed by atoms with E-state index in [0.29, 0.717) is 24.3 Å². The topological polar surface area (TPSA) is 75.3 Å². The molecular formula is C21H23N3O3S. The van der Waals surface area contributed by atoms with Gasteiger partial charge in [-0.15, -0.1) is 11.3 Å². The second kappa shape index (κ2) is 8.14. The molecule has 146 valence electrons. The fourth-order valence-corrected chi connectivity index (χ4v) is 4.57. The molecule has 4 rings (SSSR count). The van der Waals surface area contributed by atoms with Gasteiger partial charge in [0.25, 0.3) is 5.56 Å². The van der Waals surface area contributed by atoms with Crippen molar-refractivity contribution in [2.45, 2.75) is 31.6 Å². The van der Waals surface area contributed by atoms with Gasteiger partial charge in [0.2, 0.25) is 5.91 Å². The molecule has 0 bridgehead atoms. The van der Waals surface area contributed by atoms with Crippen molar-refractivity contribution in [2.75, 3.05) is 20.2 Å². The van der Waals surface area contributed by atoms with Gasteiger partial charge in [-0.3, -0.25) is 9.59 Å². The summed E-state index contributed by atoms with van der Waals surface area (Å²) in [5.74, 6) is 1.31. The Morgan fingerprint density at radius 3 is 2.86 bits per heavy atom. The van der Waals surface area contributed by atoms with Gasteiger partial charge in [-0.25, -0.2) is 4.98 Å². The molecule has 7 heteroatoms. The maximum Gasteiger partial charge on any atom is 0.251 e. The van der Waals surface area contributed by atoms with E-state index in [1.807, 2.05) is 40.7 Å². The summed E-state index contributed by atoms with van der Waals surface area (Å²) in [5, 5.41) is 4.08. The molecule has 0 atom stereocenters. The Labute approximate surface area is 167 Å². The van der Waals surface area contributed by atoms with Gasteiger partial charge < -0.3 is 14.6 Å². The van der Waals surface area contributed by atoms with Crippen LogP contribution in [-0.2, 0) is 11.2 Å². The third-order valence-electron chi connectivity index (χ3n) is 5.38. The summed E-state index contributed by atoms with van der Waals surface area (Å²) in [5.41, 5.74) is 1.27. The number of amides is 1. The minimum Gasteiger partial charge on any atom is -0.497 e. The second-order valence-corrected chi connectivity index (χ2v) is 8.03. The summed E-state index contributed by atoms with van der Waals surface area (Å²) in [6.07, 6.45) is 4.54. The number of hydrogen-bond donors (Lipinski definition) is 1. The molecule has 0 saturated carbocycles. The number of aromatic nitrogens is 2. The molecule has 1 saturated heterocycles. The molecule has 3 aromatic rings. The molecule has 0 aliphatic carbocycles. The number of piperidine rings is 1. The lowest BCUT2D eigenvalue weighted by molar-refractivity contribution is -0.132. The quantitative estimate of drug-likeness (QED) is 0.717. The molecule has 1 aliphatic heterocycles. The van der Waals surface area contributed by atoms with E-state index >= 15 is 0 Å². The number of rotatable bonds is 5. The number of H-pyrrole nitrogens is 1. The minimum absolute atomic E-state index is 0.114. The van der Waals surface area contributed by atoms with Crippen molar-refractivity contribution < 1.29 is 9.53 Å². The highest BCUT2D eigenvalue weighted by molar-refractivity contribution is 7.09. The Hall–Kier alpha value is -2.67. The van der Waals surface area contributed by atoms with Crippen LogP contribution >= 0.6 is 11.3 Å². The molecule has 28 heavy (non-hydrogen) atoms. The molecule has 3 heterocycles. The van der Waals surface area contributed by atoms with Crippen LogP contribution in [0.1, 0.15) is 35.8 Å². The number of nitrogens with one attached hydrogen (secondary N) is 1. The summed E-state index contributed by atoms with van der Waals surface area (Å²) in [6, 6.07) is 7.40. The number of hydrogen-bond acceptors (Lipinski definition) is 5. The minimum atomic E-state index is -0.132. The van der Waals surface area contributed by atoms with Crippen molar-refractivity contribution in [1.82, 2.24) is 14.9 Å². The Kier molecular flexibility index (Phi) is 5.43. The van der Waals surface area contributed by atoms with Crippen LogP contribution in [0.25, 0.3) is 10.9 Å². The van der Waals surface area contributed by atoms with Gasteiger partial charge in [0.05, 0.1) is 12.1 Å². The van der Waals surface area contributed by atoms with Gasteiger partial charge in [0.1, 0.15) is 5.75 Å². The summed E-state index contributed by atoms with van der Waals surface area (Å²) in [4.78, 5) is 34.2. The van der Waals surface area contributed by atoms with Gasteiger partial charge in [0, 0.05) is 53.5 Å². The Balaban J connectivity index is 1.38. The van der Waals surface area contributed by atoms with E-state index in [-0.39, 0.29) is 11.5 Å². The van der Waals surface area contributed by atoms with E-state index in [4.69, 9.17) is 4.74 Å². The lowest BCUT2D eigenvalue weighted by Gasteiger charge is -2.31. The van der Waals surface area contributed by atoms with Crippen LogP contribution in [0.3, 0.4) is 0 Å². The largest absolute Gasteiger partial charge is 0.497 e. The molecule has 1 fully saturated rings. The van der Waals surface area contributed by atoms with Crippen molar-refractivity contribution in [3.05, 3.63) is 56.8 Å². The number of benzene rings is 1. The lowest BCUT2D eigenvalue weighted by atomic mass is 9.97. The zero-order valence-corrected chi connectivity index (χ0v) is 16.6. The first-order valence-electron chi connectivity index (χ1n) is 9.51. The van der Waals surface area contributed by atoms with E-state index in [1.165, 1.54) is 5.01 Å². The summed E-state index contributed by atoms with van der Waals surface area (Å²) >= 11 is 1.69. The van der Waals surface area contributed by atoms with E-state index < -0.39 is 0 Å². The number of carbonyl (C=O) groups excluding carboxylic acids is 1. The highest BCUT2D eigenvalue weighted by atomic mass is 32.1. The molecule has 6 nitrogen and oxygen atoms in total. The predicted octanol–water partition coefficient (Wildman–Crippen LogP) is 3.33. The molecule has 2 aromatic heterocycles. The molecule has 1 aromatic carbocycles. The first-order valence-corrected chi connectivity index (χ1v) is 10.4. The van der Waals surface area contributed by atoms with E-state index in [1.54, 1.807) is 18.4 Å². The molecule has 0 unspecified atom stereocenters. The van der Waals surface area contributed by atoms with Crippen LogP contribution in [0.15, 0.2) is 40.6 Å². The molecular weight excluding hydrogens is 374 g/mol. The third kappa shape index (κ3) is 3.94. The number of methoxy groups -OCH3 is 1. The van der Waals surface area contributed by atoms with Crippen LogP contribution in [-0.4, -0.2) is 41.0 Å². The van der Waals surface area contributed by atoms with Crippen molar-refractivity contribution in [1.29, 1.82) is 0 Å². The maximum absolute atomic E-state index is 12.6. The van der Waals surface area contributed by atoms with Gasteiger partial charge in [-0.2, -0.15) is 0 Å². The predicted molar refractivity (Wildman–Crippen MR) is 110 cm³/mol. The Bertz CT molecular complexity index is 1020. The van der Waals surface area contributed by atoms with Crippen LogP contribution in [0.2, 0.25) is 0 Å². The lowest BCUT2D eigenvalue weighted by Crippen LogP contribution is -2.38. The standard InChI is InChI=1S/C21H23N3O3S/c1-27-17-3-4-18-16(13-17)12-15(20(26)23-18)2-5-19(25)24-9-6-14(7-10-24)21-22-8-11-28-21/h3-4,8,11-14H,2,5-7,9-10H2,1H3,(H,23,26). The monoisotopic (exact) mass is 397 g/mol. The van der Waals surface area contributed by atoms with Gasteiger partial charge in [-0.05, 0) is 43.5 Å². The number of nitrogens with zero attached hydrogens (tertiary/aromatic N) is 2. The molecule has 0 radical (unpaired) electrons. The van der Waals surface area contributed by atoms with Crippen LogP contribution in [0.4, 0.5) is 0 Å². The number of likely N-dealkylation sites (tertiary alicyclic amines) is 1. The van der Waals surface area contributed by atoms with E-state index in [2.05, 4.69) is 9.97 Å². The summed E-state index contributed by atoms with van der Waals surface area (Å²) < 4.78 is 5.25. The Morgan fingerprint density at radius 1 is 1.32 bits per heavy atom. The average molecular weight is 398 g/mol. The van der Waals surface area contributed by atoms with Crippen LogP contribution in [0.5, 0.6) is 5.75 Å². The van der Waals surface area contributed by atoms with E-state index in [0.717, 1.165) is 42.6 Å². The molecule has 1 amide bonds. The fourth-order valence-electron chi connectivity index (χ4n) is 3.75. The Morgan fingerprint density at radius 2 is 2.14 bits per heavy atom. The SMILES string of the molecule is COc1ccc2[nH]c(=O)c(CCC(=O)N3CCC(c4nccs4)CC3)cc2c1. The number of pyridine rings is 1. The summed E-state index contributed by atoms with van der Waals surface area (Å²) in [7, 11) is 1.62. The fraction of sp³-hybridized carbons (Fsp3) is 0.381. The number of carbonyl (C=O) groups is 1. The number of aryl methyl sites for hydroxylation is 1. The zero-order chi connectivity index (χ0) is 19.5. The van der Waals surface area contributed by atoms with Crippen molar-refractivity contribution >= 4 is 28.1 Å². The van der Waals surface area contributed by atoms with Crippen LogP contribution < -0.4 is 10.3 Å². The second-order valence-electron chi connectivity index (χ2n) is 7.10. The highest BCUT2D eigenvalue weighted by Gasteiger charge is 2.25. The number of ether oxygens (including phenoxy) is 1. The average Bonchev–Trinajstić information content (AvgIpc) is 3.26. The van der Waals surface area contributed by atoms with Gasteiger partial charge >= 0.3 is 0 Å². The van der Waals surface area contributed by atoms with Gasteiger partial charge in [-0.1, -0.05) is 0 Å². The van der Waals surface area contributed by atoms with Crippen molar-refractivity contribution in [3.63, 3.8) is 0 Å². The number of thiazole rings is 1.